The third kappa shape index (κ3) is 3.40. The topological polar surface area (TPSA) is 29.0 Å². The van der Waals surface area contributed by atoms with Crippen molar-refractivity contribution >= 4 is 22.5 Å². The first-order chi connectivity index (χ1) is 13.1. The van der Waals surface area contributed by atoms with Crippen LogP contribution in [0, 0.1) is 0 Å². The molecule has 0 spiro atoms. The monoisotopic (exact) mass is 381 g/mol. The molecule has 1 fully saturated rings. The van der Waals surface area contributed by atoms with Gasteiger partial charge < -0.3 is 15.2 Å². The molecular weight excluding hydrogens is 354 g/mol. The lowest BCUT2D eigenvalue weighted by atomic mass is 9.72. The van der Waals surface area contributed by atoms with Crippen molar-refractivity contribution in [1.82, 2.24) is 15.2 Å². The van der Waals surface area contributed by atoms with E-state index < -0.39 is 0 Å². The first kappa shape index (κ1) is 18.5. The number of nitrogens with zero attached hydrogens (tertiary/aromatic N) is 1. The molecule has 4 rings (SSSR count). The largest absolute Gasteiger partial charge is 0.351 e. The molecule has 1 saturated carbocycles. The van der Waals surface area contributed by atoms with Gasteiger partial charge in [-0.15, -0.1) is 0 Å². The highest BCUT2D eigenvalue weighted by atomic mass is 35.5. The van der Waals surface area contributed by atoms with Crippen LogP contribution in [0.2, 0.25) is 5.02 Å². The van der Waals surface area contributed by atoms with Gasteiger partial charge in [-0.05, 0) is 60.7 Å². The van der Waals surface area contributed by atoms with E-state index in [-0.39, 0.29) is 5.54 Å². The zero-order valence-corrected chi connectivity index (χ0v) is 16.9. The molecule has 0 saturated heterocycles. The van der Waals surface area contributed by atoms with Gasteiger partial charge >= 0.3 is 0 Å². The standard InChI is InChI=1S/C23H28ClN3/c1-25-23(19-7-3-4-8-20(19)24)13-6-5-9-22(23)26-16-17-10-11-21-18(15-17)12-14-27(21)2/h3-4,7-8,10-12,14-15,22,25-26H,5-6,9,13,16H2,1-2H3/t22-,23+/m0/s1. The number of likely N-dealkylation sites (N-methyl/N-ethyl adjacent to an activating group) is 1. The Bertz CT molecular complexity index is 932. The van der Waals surface area contributed by atoms with E-state index in [1.54, 1.807) is 0 Å². The minimum atomic E-state index is -0.118. The van der Waals surface area contributed by atoms with E-state index in [1.807, 2.05) is 12.1 Å². The van der Waals surface area contributed by atoms with E-state index >= 15 is 0 Å². The minimum Gasteiger partial charge on any atom is -0.351 e. The summed E-state index contributed by atoms with van der Waals surface area (Å²) in [6, 6.07) is 17.6. The summed E-state index contributed by atoms with van der Waals surface area (Å²) in [4.78, 5) is 0. The lowest BCUT2D eigenvalue weighted by Gasteiger charge is -2.45. The Morgan fingerprint density at radius 3 is 2.81 bits per heavy atom. The van der Waals surface area contributed by atoms with Crippen molar-refractivity contribution in [2.75, 3.05) is 7.05 Å². The summed E-state index contributed by atoms with van der Waals surface area (Å²) < 4.78 is 2.16. The second-order valence-electron chi connectivity index (χ2n) is 7.70. The highest BCUT2D eigenvalue weighted by Crippen LogP contribution is 2.40. The predicted octanol–water partition coefficient (Wildman–Crippen LogP) is 4.98. The van der Waals surface area contributed by atoms with Crippen molar-refractivity contribution < 1.29 is 0 Å². The molecule has 2 aromatic carbocycles. The molecule has 0 bridgehead atoms. The van der Waals surface area contributed by atoms with Gasteiger partial charge in [0.1, 0.15) is 0 Å². The summed E-state index contributed by atoms with van der Waals surface area (Å²) in [5.74, 6) is 0. The highest BCUT2D eigenvalue weighted by Gasteiger charge is 2.41. The van der Waals surface area contributed by atoms with Gasteiger partial charge in [-0.2, -0.15) is 0 Å². The lowest BCUT2D eigenvalue weighted by Crippen LogP contribution is -2.57. The van der Waals surface area contributed by atoms with Crippen LogP contribution in [0.25, 0.3) is 10.9 Å². The van der Waals surface area contributed by atoms with Crippen molar-refractivity contribution in [1.29, 1.82) is 0 Å². The second-order valence-corrected chi connectivity index (χ2v) is 8.11. The normalized spacial score (nSPS) is 23.0. The fourth-order valence-electron chi connectivity index (χ4n) is 4.71. The molecule has 1 aromatic heterocycles. The van der Waals surface area contributed by atoms with Crippen molar-refractivity contribution in [3.05, 3.63) is 70.9 Å². The number of aromatic nitrogens is 1. The zero-order chi connectivity index (χ0) is 18.9. The SMILES string of the molecule is CN[C@@]1(c2ccccc2Cl)CCCC[C@@H]1NCc1ccc2c(ccn2C)c1. The molecule has 1 heterocycles. The third-order valence-electron chi connectivity index (χ3n) is 6.21. The molecule has 4 heteroatoms. The van der Waals surface area contributed by atoms with E-state index in [1.165, 1.54) is 34.9 Å². The van der Waals surface area contributed by atoms with Gasteiger partial charge in [0.05, 0.1) is 5.54 Å². The van der Waals surface area contributed by atoms with E-state index in [2.05, 4.69) is 71.9 Å². The van der Waals surface area contributed by atoms with Gasteiger partial charge in [-0.25, -0.2) is 0 Å². The Morgan fingerprint density at radius 1 is 1.15 bits per heavy atom. The van der Waals surface area contributed by atoms with Crippen LogP contribution in [0.15, 0.2) is 54.7 Å². The van der Waals surface area contributed by atoms with Crippen molar-refractivity contribution in [3.8, 4) is 0 Å². The Kier molecular flexibility index (Phi) is 5.27. The van der Waals surface area contributed by atoms with Crippen molar-refractivity contribution in [3.63, 3.8) is 0 Å². The van der Waals surface area contributed by atoms with E-state index in [0.29, 0.717) is 6.04 Å². The molecule has 0 unspecified atom stereocenters. The molecule has 3 nitrogen and oxygen atoms in total. The molecule has 27 heavy (non-hydrogen) atoms. The van der Waals surface area contributed by atoms with Crippen LogP contribution in [0.3, 0.4) is 0 Å². The first-order valence-electron chi connectivity index (χ1n) is 9.85. The average molecular weight is 382 g/mol. The Balaban J connectivity index is 1.59. The molecule has 3 aromatic rings. The maximum Gasteiger partial charge on any atom is 0.0602 e. The van der Waals surface area contributed by atoms with Gasteiger partial charge in [0.2, 0.25) is 0 Å². The predicted molar refractivity (Wildman–Crippen MR) is 114 cm³/mol. The van der Waals surface area contributed by atoms with Gasteiger partial charge in [0, 0.05) is 36.4 Å². The van der Waals surface area contributed by atoms with Crippen LogP contribution < -0.4 is 10.6 Å². The van der Waals surface area contributed by atoms with Gasteiger partial charge in [0.25, 0.3) is 0 Å². The number of hydrogen-bond donors (Lipinski definition) is 2. The van der Waals surface area contributed by atoms with Crippen LogP contribution in [0.5, 0.6) is 0 Å². The summed E-state index contributed by atoms with van der Waals surface area (Å²) in [6.07, 6.45) is 6.85. The molecule has 0 amide bonds. The van der Waals surface area contributed by atoms with Crippen molar-refractivity contribution in [2.45, 2.75) is 43.8 Å². The van der Waals surface area contributed by atoms with Crippen LogP contribution in [-0.2, 0) is 19.1 Å². The van der Waals surface area contributed by atoms with Crippen LogP contribution >= 0.6 is 11.6 Å². The van der Waals surface area contributed by atoms with Gasteiger partial charge in [-0.1, -0.05) is 48.7 Å². The Labute approximate surface area is 166 Å². The second kappa shape index (κ2) is 7.67. The molecule has 0 radical (unpaired) electrons. The molecule has 0 aliphatic heterocycles. The Morgan fingerprint density at radius 2 is 2.00 bits per heavy atom. The fourth-order valence-corrected chi connectivity index (χ4v) is 5.01. The molecule has 1 aliphatic carbocycles. The molecule has 2 atom stereocenters. The number of rotatable bonds is 5. The maximum absolute atomic E-state index is 6.61. The third-order valence-corrected chi connectivity index (χ3v) is 6.54. The number of aryl methyl sites for hydroxylation is 1. The Hall–Kier alpha value is -1.81. The number of halogens is 1. The smallest absolute Gasteiger partial charge is 0.0602 e. The summed E-state index contributed by atoms with van der Waals surface area (Å²) in [7, 11) is 4.16. The fraction of sp³-hybridized carbons (Fsp3) is 0.391. The average Bonchev–Trinajstić information content (AvgIpc) is 3.07. The van der Waals surface area contributed by atoms with Gasteiger partial charge in [0.15, 0.2) is 0 Å². The highest BCUT2D eigenvalue weighted by molar-refractivity contribution is 6.31. The van der Waals surface area contributed by atoms with Crippen LogP contribution in [0.1, 0.15) is 36.8 Å². The van der Waals surface area contributed by atoms with E-state index in [4.69, 9.17) is 11.6 Å². The summed E-state index contributed by atoms with van der Waals surface area (Å²) in [6.45, 7) is 0.864. The van der Waals surface area contributed by atoms with Gasteiger partial charge in [-0.3, -0.25) is 0 Å². The van der Waals surface area contributed by atoms with Crippen molar-refractivity contribution in [2.24, 2.45) is 7.05 Å². The molecule has 142 valence electrons. The number of fused-ring (bicyclic) bond motifs is 1. The minimum absolute atomic E-state index is 0.118. The van der Waals surface area contributed by atoms with Crippen LogP contribution in [-0.4, -0.2) is 17.7 Å². The molecule has 1 aliphatic rings. The summed E-state index contributed by atoms with van der Waals surface area (Å²) >= 11 is 6.61. The van der Waals surface area contributed by atoms with Crippen LogP contribution in [0.4, 0.5) is 0 Å². The maximum atomic E-state index is 6.61. The lowest BCUT2D eigenvalue weighted by molar-refractivity contribution is 0.177. The quantitative estimate of drug-likeness (QED) is 0.652. The number of benzene rings is 2. The first-order valence-corrected chi connectivity index (χ1v) is 10.2. The molecular formula is C23H28ClN3. The number of nitrogens with one attached hydrogen (secondary N) is 2. The summed E-state index contributed by atoms with van der Waals surface area (Å²) in [5, 5.41) is 9.64. The van der Waals surface area contributed by atoms with E-state index in [0.717, 1.165) is 24.4 Å². The molecule has 2 N–H and O–H groups in total. The van der Waals surface area contributed by atoms with E-state index in [9.17, 15) is 0 Å². The summed E-state index contributed by atoms with van der Waals surface area (Å²) in [5.41, 5.74) is 3.69. The zero-order valence-electron chi connectivity index (χ0n) is 16.1. The number of hydrogen-bond acceptors (Lipinski definition) is 2.